The Morgan fingerprint density at radius 2 is 2.05 bits per heavy atom. The molecule has 2 amide bonds. The SMILES string of the molecule is Cc1nn(C)c(C)c1NC(=O)CNC(=O)c1cccc(I)c1. The molecule has 0 saturated carbocycles. The molecular formula is C15H17IN4O2. The predicted molar refractivity (Wildman–Crippen MR) is 92.8 cm³/mol. The van der Waals surface area contributed by atoms with Crippen LogP contribution < -0.4 is 10.6 Å². The van der Waals surface area contributed by atoms with Crippen LogP contribution in [0.5, 0.6) is 0 Å². The van der Waals surface area contributed by atoms with Crippen molar-refractivity contribution in [3.63, 3.8) is 0 Å². The molecule has 0 aliphatic heterocycles. The summed E-state index contributed by atoms with van der Waals surface area (Å²) >= 11 is 2.14. The first-order valence-electron chi connectivity index (χ1n) is 6.72. The molecule has 0 saturated heterocycles. The van der Waals surface area contributed by atoms with Crippen molar-refractivity contribution in [2.45, 2.75) is 13.8 Å². The first-order valence-corrected chi connectivity index (χ1v) is 7.80. The van der Waals surface area contributed by atoms with E-state index in [1.807, 2.05) is 27.0 Å². The number of nitrogens with one attached hydrogen (secondary N) is 2. The number of hydrogen-bond acceptors (Lipinski definition) is 3. The highest BCUT2D eigenvalue weighted by Gasteiger charge is 2.13. The average molecular weight is 412 g/mol. The number of rotatable bonds is 4. The molecule has 2 aromatic rings. The molecule has 6 nitrogen and oxygen atoms in total. The van der Waals surface area contributed by atoms with Gasteiger partial charge in [0, 0.05) is 16.2 Å². The van der Waals surface area contributed by atoms with Gasteiger partial charge >= 0.3 is 0 Å². The van der Waals surface area contributed by atoms with Crippen molar-refractivity contribution in [1.29, 1.82) is 0 Å². The van der Waals surface area contributed by atoms with E-state index in [1.54, 1.807) is 22.9 Å². The summed E-state index contributed by atoms with van der Waals surface area (Å²) in [6, 6.07) is 7.19. The first kappa shape index (κ1) is 16.5. The van der Waals surface area contributed by atoms with Gasteiger partial charge in [-0.2, -0.15) is 5.10 Å². The molecule has 2 N–H and O–H groups in total. The van der Waals surface area contributed by atoms with Gasteiger partial charge in [0.05, 0.1) is 23.6 Å². The first-order chi connectivity index (χ1) is 10.4. The van der Waals surface area contributed by atoms with Crippen LogP contribution in [0.1, 0.15) is 21.7 Å². The second kappa shape index (κ2) is 6.91. The Morgan fingerprint density at radius 3 is 2.64 bits per heavy atom. The Morgan fingerprint density at radius 1 is 1.32 bits per heavy atom. The summed E-state index contributed by atoms with van der Waals surface area (Å²) in [4.78, 5) is 23.9. The van der Waals surface area contributed by atoms with Crippen LogP contribution in [-0.2, 0) is 11.8 Å². The third-order valence-corrected chi connectivity index (χ3v) is 3.94. The maximum Gasteiger partial charge on any atom is 0.251 e. The molecule has 1 aromatic heterocycles. The number of carbonyl (C=O) groups excluding carboxylic acids is 2. The molecule has 0 unspecified atom stereocenters. The minimum Gasteiger partial charge on any atom is -0.343 e. The fraction of sp³-hybridized carbons (Fsp3) is 0.267. The summed E-state index contributed by atoms with van der Waals surface area (Å²) in [5.74, 6) is -0.550. The van der Waals surface area contributed by atoms with Crippen molar-refractivity contribution < 1.29 is 9.59 Å². The molecule has 116 valence electrons. The second-order valence-corrected chi connectivity index (χ2v) is 6.16. The Labute approximate surface area is 142 Å². The lowest BCUT2D eigenvalue weighted by atomic mass is 10.2. The number of nitrogens with zero attached hydrogens (tertiary/aromatic N) is 2. The Bertz CT molecular complexity index is 724. The molecule has 0 bridgehead atoms. The number of benzene rings is 1. The number of aryl methyl sites for hydroxylation is 2. The van der Waals surface area contributed by atoms with Crippen LogP contribution in [-0.4, -0.2) is 28.1 Å². The van der Waals surface area contributed by atoms with E-state index in [1.165, 1.54) is 0 Å². The monoisotopic (exact) mass is 412 g/mol. The lowest BCUT2D eigenvalue weighted by Crippen LogP contribution is -2.33. The topological polar surface area (TPSA) is 76.0 Å². The van der Waals surface area contributed by atoms with Gasteiger partial charge in [-0.1, -0.05) is 6.07 Å². The average Bonchev–Trinajstić information content (AvgIpc) is 2.71. The molecule has 2 rings (SSSR count). The third-order valence-electron chi connectivity index (χ3n) is 3.27. The van der Waals surface area contributed by atoms with Crippen LogP contribution in [0.25, 0.3) is 0 Å². The zero-order chi connectivity index (χ0) is 16.3. The van der Waals surface area contributed by atoms with Crippen molar-refractivity contribution in [3.05, 3.63) is 44.8 Å². The molecule has 0 fully saturated rings. The van der Waals surface area contributed by atoms with E-state index < -0.39 is 0 Å². The van der Waals surface area contributed by atoms with Crippen molar-refractivity contribution >= 4 is 40.1 Å². The highest BCUT2D eigenvalue weighted by atomic mass is 127. The molecular weight excluding hydrogens is 395 g/mol. The van der Waals surface area contributed by atoms with Crippen LogP contribution in [0.3, 0.4) is 0 Å². The highest BCUT2D eigenvalue weighted by molar-refractivity contribution is 14.1. The summed E-state index contributed by atoms with van der Waals surface area (Å²) < 4.78 is 2.67. The number of halogens is 1. The molecule has 0 aliphatic carbocycles. The number of anilines is 1. The molecule has 0 spiro atoms. The molecule has 7 heteroatoms. The minimum absolute atomic E-state index is 0.0852. The Kier molecular flexibility index (Phi) is 5.17. The lowest BCUT2D eigenvalue weighted by molar-refractivity contribution is -0.115. The Hall–Kier alpha value is -1.90. The third kappa shape index (κ3) is 3.85. The minimum atomic E-state index is -0.279. The Balaban J connectivity index is 1.94. The number of amides is 2. The van der Waals surface area contributed by atoms with E-state index in [-0.39, 0.29) is 18.4 Å². The molecule has 1 heterocycles. The summed E-state index contributed by atoms with van der Waals surface area (Å²) in [5, 5.41) is 9.62. The molecule has 0 radical (unpaired) electrons. The fourth-order valence-electron chi connectivity index (χ4n) is 2.03. The maximum atomic E-state index is 12.0. The van der Waals surface area contributed by atoms with Crippen molar-refractivity contribution in [2.24, 2.45) is 7.05 Å². The maximum absolute atomic E-state index is 12.0. The van der Waals surface area contributed by atoms with Crippen molar-refractivity contribution in [2.75, 3.05) is 11.9 Å². The van der Waals surface area contributed by atoms with Crippen LogP contribution in [0.15, 0.2) is 24.3 Å². The van der Waals surface area contributed by atoms with E-state index in [4.69, 9.17) is 0 Å². The summed E-state index contributed by atoms with van der Waals surface area (Å²) in [6.45, 7) is 3.62. The zero-order valence-electron chi connectivity index (χ0n) is 12.6. The van der Waals surface area contributed by atoms with Gasteiger partial charge in [-0.25, -0.2) is 0 Å². The zero-order valence-corrected chi connectivity index (χ0v) is 14.8. The number of carbonyl (C=O) groups is 2. The van der Waals surface area contributed by atoms with Gasteiger partial charge in [-0.3, -0.25) is 14.3 Å². The summed E-state index contributed by atoms with van der Waals surface area (Å²) in [5.41, 5.74) is 2.84. The summed E-state index contributed by atoms with van der Waals surface area (Å²) in [6.07, 6.45) is 0. The van der Waals surface area contributed by atoms with Gasteiger partial charge in [-0.15, -0.1) is 0 Å². The van der Waals surface area contributed by atoms with Gasteiger partial charge in [-0.05, 0) is 54.6 Å². The molecule has 1 aromatic carbocycles. The van der Waals surface area contributed by atoms with Gasteiger partial charge < -0.3 is 10.6 Å². The van der Waals surface area contributed by atoms with E-state index in [9.17, 15) is 9.59 Å². The highest BCUT2D eigenvalue weighted by Crippen LogP contribution is 2.17. The second-order valence-electron chi connectivity index (χ2n) is 4.91. The normalized spacial score (nSPS) is 10.4. The molecule has 22 heavy (non-hydrogen) atoms. The van der Waals surface area contributed by atoms with E-state index in [0.29, 0.717) is 11.3 Å². The predicted octanol–water partition coefficient (Wildman–Crippen LogP) is 2.01. The van der Waals surface area contributed by atoms with E-state index in [2.05, 4.69) is 38.3 Å². The van der Waals surface area contributed by atoms with Crippen molar-refractivity contribution in [3.8, 4) is 0 Å². The van der Waals surface area contributed by atoms with Gasteiger partial charge in [0.15, 0.2) is 0 Å². The smallest absolute Gasteiger partial charge is 0.251 e. The standard InChI is InChI=1S/C15H17IN4O2/c1-9-14(10(2)20(3)19-9)18-13(21)8-17-15(22)11-5-4-6-12(16)7-11/h4-7H,8H2,1-3H3,(H,17,22)(H,18,21). The van der Waals surface area contributed by atoms with E-state index in [0.717, 1.165) is 15.0 Å². The number of hydrogen-bond donors (Lipinski definition) is 2. The van der Waals surface area contributed by atoms with Crippen LogP contribution in [0.2, 0.25) is 0 Å². The number of aromatic nitrogens is 2. The van der Waals surface area contributed by atoms with Crippen LogP contribution in [0.4, 0.5) is 5.69 Å². The lowest BCUT2D eigenvalue weighted by Gasteiger charge is -2.07. The fourth-order valence-corrected chi connectivity index (χ4v) is 2.57. The van der Waals surface area contributed by atoms with Gasteiger partial charge in [0.2, 0.25) is 5.91 Å². The van der Waals surface area contributed by atoms with Gasteiger partial charge in [0.1, 0.15) is 0 Å². The summed E-state index contributed by atoms with van der Waals surface area (Å²) in [7, 11) is 1.82. The van der Waals surface area contributed by atoms with Gasteiger partial charge in [0.25, 0.3) is 5.91 Å². The molecule has 0 aliphatic rings. The van der Waals surface area contributed by atoms with Crippen molar-refractivity contribution in [1.82, 2.24) is 15.1 Å². The van der Waals surface area contributed by atoms with Crippen LogP contribution >= 0.6 is 22.6 Å². The van der Waals surface area contributed by atoms with Crippen LogP contribution in [0, 0.1) is 17.4 Å². The van der Waals surface area contributed by atoms with E-state index >= 15 is 0 Å². The quantitative estimate of drug-likeness (QED) is 0.755. The molecule has 0 atom stereocenters. The largest absolute Gasteiger partial charge is 0.343 e.